The summed E-state index contributed by atoms with van der Waals surface area (Å²) in [5.41, 5.74) is 2.16. The topological polar surface area (TPSA) is 57.0 Å². The molecular formula is C22H16IN3O2. The lowest BCUT2D eigenvalue weighted by molar-refractivity contribution is 0.414. The van der Waals surface area contributed by atoms with Crippen molar-refractivity contribution in [3.8, 4) is 11.4 Å². The molecule has 0 bridgehead atoms. The highest BCUT2D eigenvalue weighted by Gasteiger charge is 2.12. The maximum absolute atomic E-state index is 13.3. The molecule has 28 heavy (non-hydrogen) atoms. The summed E-state index contributed by atoms with van der Waals surface area (Å²) >= 11 is 2.20. The van der Waals surface area contributed by atoms with Crippen molar-refractivity contribution in [3.63, 3.8) is 0 Å². The third-order valence-corrected chi connectivity index (χ3v) is 4.95. The van der Waals surface area contributed by atoms with Gasteiger partial charge in [-0.25, -0.2) is 4.98 Å². The number of benzene rings is 2. The number of aromatic nitrogens is 3. The summed E-state index contributed by atoms with van der Waals surface area (Å²) in [5, 5.41) is 0.577. The van der Waals surface area contributed by atoms with E-state index in [1.165, 1.54) is 0 Å². The van der Waals surface area contributed by atoms with Crippen molar-refractivity contribution >= 4 is 45.6 Å². The molecule has 0 radical (unpaired) electrons. The Morgan fingerprint density at radius 3 is 2.75 bits per heavy atom. The molecule has 2 heterocycles. The molecular weight excluding hydrogens is 465 g/mol. The van der Waals surface area contributed by atoms with Crippen LogP contribution in [-0.4, -0.2) is 21.6 Å². The summed E-state index contributed by atoms with van der Waals surface area (Å²) < 4.78 is 7.92. The predicted octanol–water partition coefficient (Wildman–Crippen LogP) is 4.56. The quantitative estimate of drug-likeness (QED) is 0.401. The fourth-order valence-corrected chi connectivity index (χ4v) is 3.42. The summed E-state index contributed by atoms with van der Waals surface area (Å²) in [7, 11) is 1.60. The molecule has 6 heteroatoms. The highest BCUT2D eigenvalue weighted by molar-refractivity contribution is 14.1. The van der Waals surface area contributed by atoms with Gasteiger partial charge >= 0.3 is 0 Å². The van der Waals surface area contributed by atoms with E-state index in [2.05, 4.69) is 27.6 Å². The van der Waals surface area contributed by atoms with Crippen molar-refractivity contribution in [1.29, 1.82) is 0 Å². The van der Waals surface area contributed by atoms with Gasteiger partial charge in [0.15, 0.2) is 0 Å². The zero-order valence-corrected chi connectivity index (χ0v) is 17.2. The van der Waals surface area contributed by atoms with Crippen molar-refractivity contribution < 1.29 is 4.74 Å². The zero-order valence-electron chi connectivity index (χ0n) is 15.0. The Labute approximate surface area is 175 Å². The van der Waals surface area contributed by atoms with Crippen molar-refractivity contribution in [2.45, 2.75) is 0 Å². The number of fused-ring (bicyclic) bond motifs is 1. The van der Waals surface area contributed by atoms with E-state index in [1.807, 2.05) is 66.7 Å². The summed E-state index contributed by atoms with van der Waals surface area (Å²) in [6, 6.07) is 16.9. The van der Waals surface area contributed by atoms with E-state index in [1.54, 1.807) is 24.1 Å². The second-order valence-corrected chi connectivity index (χ2v) is 7.34. The van der Waals surface area contributed by atoms with Gasteiger partial charge in [0.25, 0.3) is 5.56 Å². The minimum absolute atomic E-state index is 0.123. The van der Waals surface area contributed by atoms with Gasteiger partial charge in [0.05, 0.1) is 23.7 Å². The van der Waals surface area contributed by atoms with Gasteiger partial charge in [0, 0.05) is 22.0 Å². The van der Waals surface area contributed by atoms with Crippen LogP contribution in [0.3, 0.4) is 0 Å². The molecule has 0 spiro atoms. The highest BCUT2D eigenvalue weighted by Crippen LogP contribution is 2.20. The third-order valence-electron chi connectivity index (χ3n) is 4.28. The van der Waals surface area contributed by atoms with E-state index < -0.39 is 0 Å². The summed E-state index contributed by atoms with van der Waals surface area (Å²) in [5.74, 6) is 1.21. The summed E-state index contributed by atoms with van der Waals surface area (Å²) in [4.78, 5) is 22.2. The van der Waals surface area contributed by atoms with E-state index in [9.17, 15) is 4.79 Å². The molecule has 0 aliphatic heterocycles. The molecule has 138 valence electrons. The van der Waals surface area contributed by atoms with Gasteiger partial charge in [-0.3, -0.25) is 14.3 Å². The van der Waals surface area contributed by atoms with E-state index in [0.29, 0.717) is 28.2 Å². The number of methoxy groups -OCH3 is 1. The van der Waals surface area contributed by atoms with Crippen LogP contribution in [-0.2, 0) is 0 Å². The Morgan fingerprint density at radius 1 is 1.07 bits per heavy atom. The molecule has 0 fully saturated rings. The van der Waals surface area contributed by atoms with Crippen molar-refractivity contribution in [2.75, 3.05) is 7.11 Å². The Bertz CT molecular complexity index is 1230. The Kier molecular flexibility index (Phi) is 5.21. The first-order valence-corrected chi connectivity index (χ1v) is 9.68. The number of nitrogens with zero attached hydrogens (tertiary/aromatic N) is 3. The van der Waals surface area contributed by atoms with Crippen LogP contribution >= 0.6 is 22.6 Å². The normalized spacial score (nSPS) is 11.2. The molecule has 0 saturated heterocycles. The van der Waals surface area contributed by atoms with Gasteiger partial charge in [-0.1, -0.05) is 12.1 Å². The van der Waals surface area contributed by atoms with Crippen LogP contribution in [0, 0.1) is 3.57 Å². The molecule has 4 rings (SSSR count). The minimum atomic E-state index is -0.123. The molecule has 0 aliphatic carbocycles. The molecule has 0 aliphatic rings. The third kappa shape index (κ3) is 3.68. The van der Waals surface area contributed by atoms with Gasteiger partial charge < -0.3 is 4.74 Å². The molecule has 0 amide bonds. The molecule has 0 atom stereocenters. The van der Waals surface area contributed by atoms with E-state index >= 15 is 0 Å². The SMILES string of the molecule is COc1cccc(-n2c(/C=C/c3cccnc3)nc3ccc(I)cc3c2=O)c1. The lowest BCUT2D eigenvalue weighted by Gasteiger charge is -2.12. The number of pyridine rings is 1. The van der Waals surface area contributed by atoms with Gasteiger partial charge in [0.1, 0.15) is 11.6 Å². The van der Waals surface area contributed by atoms with Crippen LogP contribution in [0.25, 0.3) is 28.7 Å². The smallest absolute Gasteiger partial charge is 0.266 e. The average Bonchev–Trinajstić information content (AvgIpc) is 2.73. The Balaban J connectivity index is 1.97. The first-order valence-electron chi connectivity index (χ1n) is 8.60. The first kappa shape index (κ1) is 18.4. The van der Waals surface area contributed by atoms with Crippen LogP contribution in [0.4, 0.5) is 0 Å². The molecule has 2 aromatic carbocycles. The second kappa shape index (κ2) is 7.93. The number of hydrogen-bond donors (Lipinski definition) is 0. The maximum Gasteiger partial charge on any atom is 0.266 e. The molecule has 4 aromatic rings. The fraction of sp³-hybridized carbons (Fsp3) is 0.0455. The van der Waals surface area contributed by atoms with E-state index in [0.717, 1.165) is 9.13 Å². The first-order chi connectivity index (χ1) is 13.7. The Hall–Kier alpha value is -3.00. The Morgan fingerprint density at radius 2 is 1.96 bits per heavy atom. The molecule has 2 aromatic heterocycles. The summed E-state index contributed by atoms with van der Waals surface area (Å²) in [6.45, 7) is 0. The number of hydrogen-bond acceptors (Lipinski definition) is 4. The fourth-order valence-electron chi connectivity index (χ4n) is 2.93. The minimum Gasteiger partial charge on any atom is -0.497 e. The predicted molar refractivity (Wildman–Crippen MR) is 120 cm³/mol. The highest BCUT2D eigenvalue weighted by atomic mass is 127. The standard InChI is InChI=1S/C22H16IN3O2/c1-28-18-6-2-5-17(13-18)26-21(10-7-15-4-3-11-24-14-15)25-20-9-8-16(23)12-19(20)22(26)27/h2-14H,1H3/b10-7+. The zero-order chi connectivity index (χ0) is 19.5. The van der Waals surface area contributed by atoms with Crippen molar-refractivity contribution in [1.82, 2.24) is 14.5 Å². The van der Waals surface area contributed by atoms with Crippen LogP contribution in [0.2, 0.25) is 0 Å². The number of rotatable bonds is 4. The number of ether oxygens (including phenoxy) is 1. The largest absolute Gasteiger partial charge is 0.497 e. The van der Waals surface area contributed by atoms with Crippen molar-refractivity contribution in [3.05, 3.63) is 92.3 Å². The second-order valence-electron chi connectivity index (χ2n) is 6.09. The maximum atomic E-state index is 13.3. The lowest BCUT2D eigenvalue weighted by Crippen LogP contribution is -2.22. The van der Waals surface area contributed by atoms with E-state index in [4.69, 9.17) is 9.72 Å². The summed E-state index contributed by atoms with van der Waals surface area (Å²) in [6.07, 6.45) is 7.20. The van der Waals surface area contributed by atoms with Crippen LogP contribution in [0.15, 0.2) is 71.8 Å². The van der Waals surface area contributed by atoms with E-state index in [-0.39, 0.29) is 5.56 Å². The van der Waals surface area contributed by atoms with Crippen molar-refractivity contribution in [2.24, 2.45) is 0 Å². The monoisotopic (exact) mass is 481 g/mol. The molecule has 5 nitrogen and oxygen atoms in total. The van der Waals surface area contributed by atoms with Crippen LogP contribution in [0.5, 0.6) is 5.75 Å². The van der Waals surface area contributed by atoms with Gasteiger partial charge in [-0.15, -0.1) is 0 Å². The molecule has 0 N–H and O–H groups in total. The number of halogens is 1. The lowest BCUT2D eigenvalue weighted by atomic mass is 10.2. The van der Waals surface area contributed by atoms with Gasteiger partial charge in [-0.2, -0.15) is 0 Å². The van der Waals surface area contributed by atoms with Crippen LogP contribution in [0.1, 0.15) is 11.4 Å². The average molecular weight is 481 g/mol. The molecule has 0 saturated carbocycles. The van der Waals surface area contributed by atoms with Gasteiger partial charge in [0.2, 0.25) is 0 Å². The van der Waals surface area contributed by atoms with Gasteiger partial charge in [-0.05, 0) is 76.7 Å². The molecule has 0 unspecified atom stereocenters. The van der Waals surface area contributed by atoms with Crippen LogP contribution < -0.4 is 10.3 Å².